The van der Waals surface area contributed by atoms with E-state index in [-0.39, 0.29) is 13.6 Å². The van der Waals surface area contributed by atoms with E-state index in [0.29, 0.717) is 34.6 Å². The number of halogens is 1. The van der Waals surface area contributed by atoms with Gasteiger partial charge in [-0.25, -0.2) is 0 Å². The first-order valence-electron chi connectivity index (χ1n) is 6.40. The summed E-state index contributed by atoms with van der Waals surface area (Å²) in [7, 11) is 0. The molecule has 108 valence electrons. The van der Waals surface area contributed by atoms with Crippen LogP contribution < -0.4 is 23.7 Å². The summed E-state index contributed by atoms with van der Waals surface area (Å²) < 4.78 is 26.9. The van der Waals surface area contributed by atoms with Crippen LogP contribution in [0.3, 0.4) is 0 Å². The third kappa shape index (κ3) is 2.29. The average Bonchev–Trinajstić information content (AvgIpc) is 3.13. The summed E-state index contributed by atoms with van der Waals surface area (Å²) in [5.74, 6) is 3.35. The predicted molar refractivity (Wildman–Crippen MR) is 74.5 cm³/mol. The molecular formula is C15H11ClO5. The van der Waals surface area contributed by atoms with Crippen LogP contribution in [0.2, 0.25) is 5.02 Å². The van der Waals surface area contributed by atoms with Crippen LogP contribution in [0.5, 0.6) is 28.7 Å². The van der Waals surface area contributed by atoms with Gasteiger partial charge in [-0.2, -0.15) is 0 Å². The lowest BCUT2D eigenvalue weighted by Gasteiger charge is -2.08. The van der Waals surface area contributed by atoms with Crippen LogP contribution >= 0.6 is 11.6 Å². The van der Waals surface area contributed by atoms with E-state index in [1.54, 1.807) is 6.07 Å². The van der Waals surface area contributed by atoms with Crippen LogP contribution in [0.1, 0.15) is 5.56 Å². The Morgan fingerprint density at radius 3 is 2.67 bits per heavy atom. The van der Waals surface area contributed by atoms with Crippen LogP contribution in [0.4, 0.5) is 0 Å². The van der Waals surface area contributed by atoms with E-state index in [1.165, 1.54) is 0 Å². The predicted octanol–water partition coefficient (Wildman–Crippen LogP) is 3.38. The number of hydrogen-bond acceptors (Lipinski definition) is 5. The fraction of sp³-hybridized carbons (Fsp3) is 0.200. The first-order valence-corrected chi connectivity index (χ1v) is 6.78. The van der Waals surface area contributed by atoms with Gasteiger partial charge in [-0.05, 0) is 29.8 Å². The molecule has 0 saturated heterocycles. The van der Waals surface area contributed by atoms with Gasteiger partial charge in [-0.1, -0.05) is 11.6 Å². The van der Waals surface area contributed by atoms with Gasteiger partial charge in [0.15, 0.2) is 23.0 Å². The minimum atomic E-state index is 0.196. The molecule has 0 atom stereocenters. The lowest BCUT2D eigenvalue weighted by molar-refractivity contribution is 0.173. The van der Waals surface area contributed by atoms with Crippen LogP contribution in [-0.2, 0) is 6.61 Å². The van der Waals surface area contributed by atoms with Gasteiger partial charge in [-0.15, -0.1) is 0 Å². The van der Waals surface area contributed by atoms with Gasteiger partial charge >= 0.3 is 0 Å². The summed E-state index contributed by atoms with van der Waals surface area (Å²) in [5, 5.41) is 0.522. The summed E-state index contributed by atoms with van der Waals surface area (Å²) in [6.07, 6.45) is 0. The minimum Gasteiger partial charge on any atom is -0.489 e. The lowest BCUT2D eigenvalue weighted by Crippen LogP contribution is -1.96. The molecule has 0 unspecified atom stereocenters. The smallest absolute Gasteiger partial charge is 0.231 e. The van der Waals surface area contributed by atoms with Crippen molar-refractivity contribution in [2.24, 2.45) is 0 Å². The van der Waals surface area contributed by atoms with Gasteiger partial charge in [0, 0.05) is 6.07 Å². The molecule has 2 aliphatic heterocycles. The van der Waals surface area contributed by atoms with Crippen molar-refractivity contribution in [1.29, 1.82) is 0 Å². The van der Waals surface area contributed by atoms with Crippen LogP contribution in [0, 0.1) is 0 Å². The molecule has 2 aliphatic rings. The zero-order valence-corrected chi connectivity index (χ0v) is 11.7. The summed E-state index contributed by atoms with van der Waals surface area (Å²) in [5.41, 5.74) is 0.905. The molecule has 0 aromatic heterocycles. The van der Waals surface area contributed by atoms with Crippen LogP contribution in [-0.4, -0.2) is 13.6 Å². The largest absolute Gasteiger partial charge is 0.489 e. The Hall–Kier alpha value is -2.27. The number of fused-ring (bicyclic) bond motifs is 2. The first kappa shape index (κ1) is 12.5. The SMILES string of the molecule is Clc1cc(COc2ccc3c(c2)OCO3)cc2c1OCO2. The van der Waals surface area contributed by atoms with Gasteiger partial charge < -0.3 is 23.7 Å². The third-order valence-corrected chi connectivity index (χ3v) is 3.52. The normalized spacial score (nSPS) is 14.3. The molecule has 2 aromatic rings. The van der Waals surface area contributed by atoms with Gasteiger partial charge in [-0.3, -0.25) is 0 Å². The second-order valence-corrected chi connectivity index (χ2v) is 5.02. The molecule has 21 heavy (non-hydrogen) atoms. The Kier molecular flexibility index (Phi) is 2.93. The van der Waals surface area contributed by atoms with E-state index in [9.17, 15) is 0 Å². The fourth-order valence-electron chi connectivity index (χ4n) is 2.24. The number of hydrogen-bond donors (Lipinski definition) is 0. The maximum atomic E-state index is 6.14. The Morgan fingerprint density at radius 2 is 1.71 bits per heavy atom. The Morgan fingerprint density at radius 1 is 0.905 bits per heavy atom. The summed E-state index contributed by atoms with van der Waals surface area (Å²) in [6.45, 7) is 0.814. The molecule has 2 heterocycles. The monoisotopic (exact) mass is 306 g/mol. The zero-order valence-electron chi connectivity index (χ0n) is 10.9. The molecule has 5 nitrogen and oxygen atoms in total. The molecule has 0 radical (unpaired) electrons. The second-order valence-electron chi connectivity index (χ2n) is 4.62. The third-order valence-electron chi connectivity index (χ3n) is 3.24. The van der Waals surface area contributed by atoms with Crippen molar-refractivity contribution < 1.29 is 23.7 Å². The van der Waals surface area contributed by atoms with Crippen molar-refractivity contribution >= 4 is 11.6 Å². The molecule has 0 saturated carbocycles. The molecule has 6 heteroatoms. The van der Waals surface area contributed by atoms with Crippen molar-refractivity contribution in [1.82, 2.24) is 0 Å². The van der Waals surface area contributed by atoms with E-state index < -0.39 is 0 Å². The maximum Gasteiger partial charge on any atom is 0.231 e. The second kappa shape index (κ2) is 4.93. The molecule has 4 rings (SSSR count). The summed E-state index contributed by atoms with van der Waals surface area (Å²) in [6, 6.07) is 9.13. The maximum absolute atomic E-state index is 6.14. The topological polar surface area (TPSA) is 46.2 Å². The molecule has 0 fully saturated rings. The fourth-order valence-corrected chi connectivity index (χ4v) is 2.53. The Balaban J connectivity index is 1.51. The Bertz CT molecular complexity index is 701. The van der Waals surface area contributed by atoms with Crippen molar-refractivity contribution in [3.63, 3.8) is 0 Å². The molecular weight excluding hydrogens is 296 g/mol. The van der Waals surface area contributed by atoms with Crippen molar-refractivity contribution in [3.8, 4) is 28.7 Å². The highest BCUT2D eigenvalue weighted by molar-refractivity contribution is 6.32. The molecule has 0 N–H and O–H groups in total. The quantitative estimate of drug-likeness (QED) is 0.870. The number of ether oxygens (including phenoxy) is 5. The average molecular weight is 307 g/mol. The van der Waals surface area contributed by atoms with Crippen LogP contribution in [0.25, 0.3) is 0 Å². The highest BCUT2D eigenvalue weighted by Gasteiger charge is 2.19. The van der Waals surface area contributed by atoms with Gasteiger partial charge in [0.2, 0.25) is 13.6 Å². The minimum absolute atomic E-state index is 0.196. The molecule has 0 amide bonds. The number of benzene rings is 2. The Labute approximate surface area is 125 Å². The highest BCUT2D eigenvalue weighted by Crippen LogP contribution is 2.40. The van der Waals surface area contributed by atoms with E-state index in [1.807, 2.05) is 24.3 Å². The molecule has 0 aliphatic carbocycles. The molecule has 2 aromatic carbocycles. The van der Waals surface area contributed by atoms with Crippen LogP contribution in [0.15, 0.2) is 30.3 Å². The lowest BCUT2D eigenvalue weighted by atomic mass is 10.2. The first-order chi connectivity index (χ1) is 10.3. The van der Waals surface area contributed by atoms with E-state index in [2.05, 4.69) is 0 Å². The van der Waals surface area contributed by atoms with Gasteiger partial charge in [0.1, 0.15) is 12.4 Å². The summed E-state index contributed by atoms with van der Waals surface area (Å²) >= 11 is 6.14. The summed E-state index contributed by atoms with van der Waals surface area (Å²) in [4.78, 5) is 0. The van der Waals surface area contributed by atoms with Crippen molar-refractivity contribution in [2.75, 3.05) is 13.6 Å². The zero-order chi connectivity index (χ0) is 14.2. The molecule has 0 bridgehead atoms. The van der Waals surface area contributed by atoms with E-state index in [4.69, 9.17) is 35.3 Å². The van der Waals surface area contributed by atoms with E-state index >= 15 is 0 Å². The highest BCUT2D eigenvalue weighted by atomic mass is 35.5. The van der Waals surface area contributed by atoms with Gasteiger partial charge in [0.25, 0.3) is 0 Å². The molecule has 0 spiro atoms. The van der Waals surface area contributed by atoms with Crippen molar-refractivity contribution in [3.05, 3.63) is 40.9 Å². The standard InChI is InChI=1S/C15H11ClO5/c16-11-3-9(4-14-15(11)21-8-20-14)6-17-10-1-2-12-13(5-10)19-7-18-12/h1-5H,6-8H2. The van der Waals surface area contributed by atoms with E-state index in [0.717, 1.165) is 11.3 Å². The van der Waals surface area contributed by atoms with Crippen molar-refractivity contribution in [2.45, 2.75) is 6.61 Å². The number of rotatable bonds is 3. The van der Waals surface area contributed by atoms with Gasteiger partial charge in [0.05, 0.1) is 5.02 Å².